The van der Waals surface area contributed by atoms with E-state index in [0.29, 0.717) is 17.4 Å². The Hall–Kier alpha value is -2.81. The topological polar surface area (TPSA) is 108 Å². The van der Waals surface area contributed by atoms with E-state index in [1.807, 2.05) is 21.1 Å². The Balaban J connectivity index is 4.04. The number of phosphoric acid groups is 1. The summed E-state index contributed by atoms with van der Waals surface area (Å²) in [5.41, 5.74) is 0. The number of hydrogen-bond donors (Lipinski definition) is 1. The van der Waals surface area contributed by atoms with E-state index in [1.54, 1.807) is 0 Å². The zero-order chi connectivity index (χ0) is 59.8. The van der Waals surface area contributed by atoms with E-state index in [1.165, 1.54) is 199 Å². The van der Waals surface area contributed by atoms with Gasteiger partial charge >= 0.3 is 19.8 Å². The first-order valence-corrected chi connectivity index (χ1v) is 35.8. The molecule has 0 aliphatic rings. The third kappa shape index (κ3) is 66.3. The number of rotatable bonds is 63. The first kappa shape index (κ1) is 79.2. The van der Waals surface area contributed by atoms with Crippen LogP contribution in [0.5, 0.6) is 0 Å². The molecular formula is C72H131NO8P+. The molecule has 0 aromatic rings. The van der Waals surface area contributed by atoms with Crippen LogP contribution in [0.3, 0.4) is 0 Å². The number of nitrogens with zero attached hydrogens (tertiary/aromatic N) is 1. The fourth-order valence-electron chi connectivity index (χ4n) is 9.66. The van der Waals surface area contributed by atoms with Crippen LogP contribution in [-0.2, 0) is 32.7 Å². The van der Waals surface area contributed by atoms with Crippen molar-refractivity contribution in [1.29, 1.82) is 0 Å². The predicted octanol–water partition coefficient (Wildman–Crippen LogP) is 22.2. The van der Waals surface area contributed by atoms with Crippen molar-refractivity contribution in [1.82, 2.24) is 0 Å². The number of carbonyl (C=O) groups excluding carboxylic acids is 2. The molecular weight excluding hydrogens is 1040 g/mol. The van der Waals surface area contributed by atoms with Gasteiger partial charge in [0.05, 0.1) is 27.7 Å². The number of allylic oxidation sites excluding steroid dienone is 14. The molecule has 10 heteroatoms. The molecule has 2 unspecified atom stereocenters. The molecule has 1 N–H and O–H groups in total. The quantitative estimate of drug-likeness (QED) is 0.0211. The number of phosphoric ester groups is 1. The summed E-state index contributed by atoms with van der Waals surface area (Å²) < 4.78 is 34.7. The lowest BCUT2D eigenvalue weighted by Crippen LogP contribution is -2.37. The first-order valence-electron chi connectivity index (χ1n) is 34.3. The van der Waals surface area contributed by atoms with Gasteiger partial charge in [0.25, 0.3) is 0 Å². The van der Waals surface area contributed by atoms with Gasteiger partial charge in [-0.2, -0.15) is 0 Å². The number of likely N-dealkylation sites (N-methyl/N-ethyl adjacent to an activating group) is 1. The van der Waals surface area contributed by atoms with Gasteiger partial charge in [-0.1, -0.05) is 292 Å². The zero-order valence-electron chi connectivity index (χ0n) is 54.2. The Kier molecular flexibility index (Phi) is 60.6. The fourth-order valence-corrected chi connectivity index (χ4v) is 10.4. The maximum Gasteiger partial charge on any atom is 0.472 e. The molecule has 0 spiro atoms. The molecule has 0 aliphatic heterocycles. The molecule has 0 bridgehead atoms. The van der Waals surface area contributed by atoms with Crippen LogP contribution in [0.1, 0.15) is 309 Å². The van der Waals surface area contributed by atoms with Crippen LogP contribution in [0.25, 0.3) is 0 Å². The molecule has 0 radical (unpaired) electrons. The second kappa shape index (κ2) is 62.7. The number of carbonyl (C=O) groups is 2. The van der Waals surface area contributed by atoms with Gasteiger partial charge in [0.2, 0.25) is 0 Å². The van der Waals surface area contributed by atoms with E-state index in [4.69, 9.17) is 18.5 Å². The Bertz CT molecular complexity index is 1660. The van der Waals surface area contributed by atoms with Crippen LogP contribution in [0.15, 0.2) is 85.1 Å². The van der Waals surface area contributed by atoms with Crippen LogP contribution >= 0.6 is 7.82 Å². The molecule has 9 nitrogen and oxygen atoms in total. The molecule has 0 saturated heterocycles. The summed E-state index contributed by atoms with van der Waals surface area (Å²) >= 11 is 0. The van der Waals surface area contributed by atoms with Gasteiger partial charge in [-0.15, -0.1) is 0 Å². The lowest BCUT2D eigenvalue weighted by molar-refractivity contribution is -0.870. The summed E-state index contributed by atoms with van der Waals surface area (Å²) in [4.78, 5) is 35.9. The molecule has 82 heavy (non-hydrogen) atoms. The Morgan fingerprint density at radius 2 is 0.695 bits per heavy atom. The Labute approximate surface area is 507 Å². The van der Waals surface area contributed by atoms with Crippen molar-refractivity contribution in [3.8, 4) is 0 Å². The average Bonchev–Trinajstić information content (AvgIpc) is 3.46. The number of unbranched alkanes of at least 4 members (excludes halogenated alkanes) is 35. The number of quaternary nitrogens is 1. The molecule has 0 amide bonds. The van der Waals surface area contributed by atoms with Crippen LogP contribution in [0.4, 0.5) is 0 Å². The lowest BCUT2D eigenvalue weighted by atomic mass is 10.0. The molecule has 476 valence electrons. The highest BCUT2D eigenvalue weighted by Crippen LogP contribution is 2.43. The second-order valence-electron chi connectivity index (χ2n) is 24.2. The summed E-state index contributed by atoms with van der Waals surface area (Å²) in [6.45, 7) is 4.34. The highest BCUT2D eigenvalue weighted by molar-refractivity contribution is 7.47. The predicted molar refractivity (Wildman–Crippen MR) is 353 cm³/mol. The summed E-state index contributed by atoms with van der Waals surface area (Å²) in [6, 6.07) is 0. The Morgan fingerprint density at radius 3 is 1.04 bits per heavy atom. The monoisotopic (exact) mass is 1170 g/mol. The number of ether oxygens (including phenoxy) is 2. The van der Waals surface area contributed by atoms with Crippen molar-refractivity contribution in [3.63, 3.8) is 0 Å². The van der Waals surface area contributed by atoms with Gasteiger partial charge in [-0.05, 0) is 89.9 Å². The highest BCUT2D eigenvalue weighted by atomic mass is 31.2. The van der Waals surface area contributed by atoms with E-state index < -0.39 is 26.5 Å². The Morgan fingerprint density at radius 1 is 0.390 bits per heavy atom. The summed E-state index contributed by atoms with van der Waals surface area (Å²) in [6.07, 6.45) is 85.3. The second-order valence-corrected chi connectivity index (χ2v) is 25.6. The third-order valence-corrected chi connectivity index (χ3v) is 15.9. The van der Waals surface area contributed by atoms with Crippen molar-refractivity contribution in [2.24, 2.45) is 0 Å². The number of hydrogen-bond acceptors (Lipinski definition) is 7. The van der Waals surface area contributed by atoms with Crippen LogP contribution in [0.2, 0.25) is 0 Å². The van der Waals surface area contributed by atoms with E-state index in [-0.39, 0.29) is 32.0 Å². The van der Waals surface area contributed by atoms with Gasteiger partial charge in [-0.25, -0.2) is 4.57 Å². The smallest absolute Gasteiger partial charge is 0.462 e. The zero-order valence-corrected chi connectivity index (χ0v) is 55.1. The third-order valence-electron chi connectivity index (χ3n) is 14.9. The fraction of sp³-hybridized carbons (Fsp3) is 0.778. The van der Waals surface area contributed by atoms with Crippen molar-refractivity contribution in [3.05, 3.63) is 85.1 Å². The standard InChI is InChI=1S/C72H130NO8P/c1-6-8-10-12-14-16-18-20-22-24-26-28-30-32-34-35-36-37-39-40-42-44-46-48-50-52-54-56-58-60-62-64-71(74)78-68-70(69-80-82(76,77)79-67-66-73(3,4)5)81-72(75)65-63-61-59-57-55-53-51-49-47-45-43-41-38-33-31-29-27-25-23-21-19-17-15-13-11-9-7-2/h9,11,15,17-18,20-21,23-24,26-27,29-30,32,70H,6-8,10,12-14,16,19,22,25,28,31,33-69H2,1-5H3/p+1/b11-9-,17-15-,20-18-,23-21-,26-24-,29-27-,32-30-. The van der Waals surface area contributed by atoms with Crippen LogP contribution < -0.4 is 0 Å². The summed E-state index contributed by atoms with van der Waals surface area (Å²) in [5.74, 6) is -0.789. The minimum absolute atomic E-state index is 0.0301. The first-order chi connectivity index (χ1) is 40.0. The van der Waals surface area contributed by atoms with Crippen LogP contribution in [0, 0.1) is 0 Å². The highest BCUT2D eigenvalue weighted by Gasteiger charge is 2.27. The summed E-state index contributed by atoms with van der Waals surface area (Å²) in [7, 11) is 1.48. The number of esters is 2. The maximum atomic E-state index is 12.9. The van der Waals surface area contributed by atoms with Crippen molar-refractivity contribution in [2.75, 3.05) is 47.5 Å². The van der Waals surface area contributed by atoms with E-state index in [2.05, 4.69) is 98.9 Å². The molecule has 0 fully saturated rings. The minimum atomic E-state index is -4.39. The van der Waals surface area contributed by atoms with Gasteiger partial charge in [-0.3, -0.25) is 18.6 Å². The van der Waals surface area contributed by atoms with Crippen LogP contribution in [-0.4, -0.2) is 74.9 Å². The molecule has 0 saturated carbocycles. The van der Waals surface area contributed by atoms with E-state index in [0.717, 1.165) is 77.0 Å². The van der Waals surface area contributed by atoms with Crippen molar-refractivity contribution in [2.45, 2.75) is 315 Å². The molecule has 0 aromatic carbocycles. The van der Waals surface area contributed by atoms with E-state index >= 15 is 0 Å². The minimum Gasteiger partial charge on any atom is -0.462 e. The van der Waals surface area contributed by atoms with Gasteiger partial charge in [0.15, 0.2) is 6.10 Å². The maximum absolute atomic E-state index is 12.9. The van der Waals surface area contributed by atoms with E-state index in [9.17, 15) is 19.0 Å². The molecule has 0 heterocycles. The summed E-state index contributed by atoms with van der Waals surface area (Å²) in [5, 5.41) is 0. The van der Waals surface area contributed by atoms with Gasteiger partial charge in [0.1, 0.15) is 19.8 Å². The average molecular weight is 1170 g/mol. The molecule has 0 aliphatic carbocycles. The molecule has 2 atom stereocenters. The SMILES string of the molecule is CC/C=C\C/C=C\C/C=C\C/C=C\CCCCCCCCCCCCCCCCC(=O)OC(COC(=O)CCCCCCCCCCCCCCCCCC/C=C\C/C=C\C/C=C\CCCCCCC)COP(=O)(O)OCC[N+](C)(C)C. The van der Waals surface area contributed by atoms with Gasteiger partial charge in [0, 0.05) is 12.8 Å². The van der Waals surface area contributed by atoms with Crippen molar-refractivity contribution < 1.29 is 42.1 Å². The van der Waals surface area contributed by atoms with Gasteiger partial charge < -0.3 is 18.9 Å². The normalized spacial score (nSPS) is 13.7. The van der Waals surface area contributed by atoms with Crippen molar-refractivity contribution >= 4 is 19.8 Å². The molecule has 0 rings (SSSR count). The largest absolute Gasteiger partial charge is 0.472 e. The molecule has 0 aromatic heterocycles. The lowest BCUT2D eigenvalue weighted by Gasteiger charge is -2.24.